The highest BCUT2D eigenvalue weighted by molar-refractivity contribution is 5.99. The second-order valence-corrected chi connectivity index (χ2v) is 6.16. The number of anilines is 1. The zero-order valence-electron chi connectivity index (χ0n) is 13.4. The zero-order valence-corrected chi connectivity index (χ0v) is 13.4. The number of nitrogens with one attached hydrogen (secondary N) is 2. The molecule has 6 heteroatoms. The summed E-state index contributed by atoms with van der Waals surface area (Å²) in [5.74, 6) is 0.510. The van der Waals surface area contributed by atoms with Crippen LogP contribution in [0, 0.1) is 0 Å². The van der Waals surface area contributed by atoms with E-state index in [1.54, 1.807) is 11.9 Å². The number of rotatable bonds is 3. The molecular formula is C17H23N3O3. The lowest BCUT2D eigenvalue weighted by molar-refractivity contribution is -0.125. The van der Waals surface area contributed by atoms with E-state index < -0.39 is 6.10 Å². The number of hydrogen-bond donors (Lipinski definition) is 2. The van der Waals surface area contributed by atoms with Gasteiger partial charge in [-0.1, -0.05) is 31.4 Å². The molecule has 2 N–H and O–H groups in total. The average molecular weight is 317 g/mol. The normalized spacial score (nSPS) is 21.3. The van der Waals surface area contributed by atoms with E-state index in [1.807, 2.05) is 24.3 Å². The second-order valence-electron chi connectivity index (χ2n) is 6.16. The van der Waals surface area contributed by atoms with Gasteiger partial charge in [0.1, 0.15) is 5.75 Å². The zero-order chi connectivity index (χ0) is 16.2. The van der Waals surface area contributed by atoms with Crippen molar-refractivity contribution >= 4 is 17.6 Å². The Bertz CT molecular complexity index is 584. The number of benzene rings is 1. The molecule has 1 fully saturated rings. The molecule has 1 aliphatic carbocycles. The van der Waals surface area contributed by atoms with Crippen molar-refractivity contribution in [3.8, 4) is 5.75 Å². The number of nitrogens with zero attached hydrogens (tertiary/aromatic N) is 1. The Balaban J connectivity index is 1.54. The van der Waals surface area contributed by atoms with Crippen LogP contribution in [0.4, 0.5) is 10.5 Å². The largest absolute Gasteiger partial charge is 0.477 e. The first-order valence-corrected chi connectivity index (χ1v) is 8.23. The van der Waals surface area contributed by atoms with Gasteiger partial charge in [-0.15, -0.1) is 0 Å². The maximum Gasteiger partial charge on any atom is 0.315 e. The van der Waals surface area contributed by atoms with Crippen LogP contribution in [0.3, 0.4) is 0 Å². The Labute approximate surface area is 136 Å². The van der Waals surface area contributed by atoms with Gasteiger partial charge < -0.3 is 20.3 Å². The number of para-hydroxylation sites is 2. The molecule has 1 heterocycles. The molecule has 1 aromatic rings. The number of ether oxygens (including phenoxy) is 1. The first kappa shape index (κ1) is 15.6. The fourth-order valence-electron chi connectivity index (χ4n) is 3.17. The maximum absolute atomic E-state index is 12.3. The minimum absolute atomic E-state index is 0.151. The minimum atomic E-state index is -0.688. The monoisotopic (exact) mass is 317 g/mol. The van der Waals surface area contributed by atoms with E-state index in [-0.39, 0.29) is 24.5 Å². The molecule has 1 unspecified atom stereocenters. The van der Waals surface area contributed by atoms with Crippen LogP contribution in [0.25, 0.3) is 0 Å². The topological polar surface area (TPSA) is 70.7 Å². The SMILES string of the molecule is CN1C(=O)C(CNC(=O)NC2CCCCC2)Oc2ccccc21. The summed E-state index contributed by atoms with van der Waals surface area (Å²) >= 11 is 0. The van der Waals surface area contributed by atoms with E-state index in [9.17, 15) is 9.59 Å². The third-order valence-electron chi connectivity index (χ3n) is 4.49. The van der Waals surface area contributed by atoms with E-state index in [4.69, 9.17) is 4.74 Å². The number of carbonyl (C=O) groups excluding carboxylic acids is 2. The quantitative estimate of drug-likeness (QED) is 0.896. The smallest absolute Gasteiger partial charge is 0.315 e. The van der Waals surface area contributed by atoms with Crippen LogP contribution < -0.4 is 20.3 Å². The summed E-state index contributed by atoms with van der Waals surface area (Å²) in [5.41, 5.74) is 0.750. The molecule has 0 aromatic heterocycles. The van der Waals surface area contributed by atoms with Crippen LogP contribution >= 0.6 is 0 Å². The number of urea groups is 1. The van der Waals surface area contributed by atoms with E-state index in [1.165, 1.54) is 6.42 Å². The van der Waals surface area contributed by atoms with Crippen molar-refractivity contribution in [1.29, 1.82) is 0 Å². The van der Waals surface area contributed by atoms with E-state index in [2.05, 4.69) is 10.6 Å². The van der Waals surface area contributed by atoms with Crippen LogP contribution in [0.5, 0.6) is 5.75 Å². The number of hydrogen-bond acceptors (Lipinski definition) is 3. The lowest BCUT2D eigenvalue weighted by atomic mass is 9.96. The van der Waals surface area contributed by atoms with Crippen LogP contribution in [0.15, 0.2) is 24.3 Å². The van der Waals surface area contributed by atoms with Crippen LogP contribution in [0.1, 0.15) is 32.1 Å². The number of amides is 3. The summed E-state index contributed by atoms with van der Waals surface area (Å²) < 4.78 is 5.72. The van der Waals surface area contributed by atoms with Crippen molar-refractivity contribution in [1.82, 2.24) is 10.6 Å². The van der Waals surface area contributed by atoms with Crippen molar-refractivity contribution in [3.63, 3.8) is 0 Å². The third kappa shape index (κ3) is 3.57. The second kappa shape index (κ2) is 6.89. The van der Waals surface area contributed by atoms with Gasteiger partial charge >= 0.3 is 6.03 Å². The molecule has 0 saturated heterocycles. The number of carbonyl (C=O) groups is 2. The summed E-state index contributed by atoms with van der Waals surface area (Å²) in [6, 6.07) is 7.41. The summed E-state index contributed by atoms with van der Waals surface area (Å²) in [4.78, 5) is 25.9. The Morgan fingerprint density at radius 2 is 2.00 bits per heavy atom. The van der Waals surface area contributed by atoms with E-state index in [0.717, 1.165) is 31.4 Å². The van der Waals surface area contributed by atoms with Crippen molar-refractivity contribution in [2.24, 2.45) is 0 Å². The molecule has 124 valence electrons. The molecule has 0 bridgehead atoms. The Morgan fingerprint density at radius 3 is 2.78 bits per heavy atom. The van der Waals surface area contributed by atoms with Crippen molar-refractivity contribution in [2.45, 2.75) is 44.2 Å². The first-order valence-electron chi connectivity index (χ1n) is 8.23. The predicted octanol–water partition coefficient (Wildman–Crippen LogP) is 2.04. The summed E-state index contributed by atoms with van der Waals surface area (Å²) in [5, 5.41) is 5.73. The van der Waals surface area contributed by atoms with Crippen LogP contribution in [-0.4, -0.2) is 37.7 Å². The summed E-state index contributed by atoms with van der Waals surface area (Å²) in [6.45, 7) is 0.163. The molecule has 1 aliphatic heterocycles. The average Bonchev–Trinajstić information content (AvgIpc) is 2.58. The molecule has 23 heavy (non-hydrogen) atoms. The molecule has 3 amide bonds. The van der Waals surface area contributed by atoms with Gasteiger partial charge in [0.25, 0.3) is 5.91 Å². The fourth-order valence-corrected chi connectivity index (χ4v) is 3.17. The highest BCUT2D eigenvalue weighted by Gasteiger charge is 2.32. The van der Waals surface area contributed by atoms with Gasteiger partial charge in [-0.2, -0.15) is 0 Å². The highest BCUT2D eigenvalue weighted by Crippen LogP contribution is 2.32. The molecule has 1 atom stereocenters. The number of fused-ring (bicyclic) bond motifs is 1. The van der Waals surface area contributed by atoms with Crippen molar-refractivity contribution in [3.05, 3.63) is 24.3 Å². The van der Waals surface area contributed by atoms with Crippen molar-refractivity contribution in [2.75, 3.05) is 18.5 Å². The minimum Gasteiger partial charge on any atom is -0.477 e. The lowest BCUT2D eigenvalue weighted by Crippen LogP contribution is -2.52. The lowest BCUT2D eigenvalue weighted by Gasteiger charge is -2.32. The standard InChI is InChI=1S/C17H23N3O3/c1-20-13-9-5-6-10-14(13)23-15(16(20)21)11-18-17(22)19-12-7-3-2-4-8-12/h5-6,9-10,12,15H,2-4,7-8,11H2,1H3,(H2,18,19,22). The Hall–Kier alpha value is -2.24. The molecule has 0 spiro atoms. The first-order chi connectivity index (χ1) is 11.1. The molecule has 1 aromatic carbocycles. The Kier molecular flexibility index (Phi) is 4.69. The van der Waals surface area contributed by atoms with E-state index in [0.29, 0.717) is 5.75 Å². The van der Waals surface area contributed by atoms with Gasteiger partial charge in [-0.25, -0.2) is 4.79 Å². The molecule has 2 aliphatic rings. The highest BCUT2D eigenvalue weighted by atomic mass is 16.5. The molecule has 1 saturated carbocycles. The van der Waals surface area contributed by atoms with Gasteiger partial charge in [0.05, 0.1) is 12.2 Å². The summed E-state index contributed by atoms with van der Waals surface area (Å²) in [7, 11) is 1.72. The molecule has 0 radical (unpaired) electrons. The van der Waals surface area contributed by atoms with Gasteiger partial charge in [0.15, 0.2) is 6.10 Å². The molecule has 3 rings (SSSR count). The predicted molar refractivity (Wildman–Crippen MR) is 87.7 cm³/mol. The van der Waals surface area contributed by atoms with Crippen molar-refractivity contribution < 1.29 is 14.3 Å². The van der Waals surface area contributed by atoms with Gasteiger partial charge in [0, 0.05) is 13.1 Å². The van der Waals surface area contributed by atoms with Crippen LogP contribution in [0.2, 0.25) is 0 Å². The molecular weight excluding hydrogens is 294 g/mol. The van der Waals surface area contributed by atoms with Crippen LogP contribution in [-0.2, 0) is 4.79 Å². The fraction of sp³-hybridized carbons (Fsp3) is 0.529. The maximum atomic E-state index is 12.3. The summed E-state index contributed by atoms with van der Waals surface area (Å²) in [6.07, 6.45) is 4.95. The third-order valence-corrected chi connectivity index (χ3v) is 4.49. The van der Waals surface area contributed by atoms with Gasteiger partial charge in [-0.05, 0) is 25.0 Å². The number of likely N-dealkylation sites (N-methyl/N-ethyl adjacent to an activating group) is 1. The van der Waals surface area contributed by atoms with Gasteiger partial charge in [-0.3, -0.25) is 4.79 Å². The Morgan fingerprint density at radius 1 is 1.26 bits per heavy atom. The molecule has 6 nitrogen and oxygen atoms in total. The van der Waals surface area contributed by atoms with E-state index >= 15 is 0 Å². The van der Waals surface area contributed by atoms with Gasteiger partial charge in [0.2, 0.25) is 0 Å².